The van der Waals surface area contributed by atoms with Gasteiger partial charge in [0.15, 0.2) is 0 Å². The van der Waals surface area contributed by atoms with Crippen LogP contribution in [-0.4, -0.2) is 20.6 Å². The Morgan fingerprint density at radius 3 is 3.06 bits per heavy atom. The van der Waals surface area contributed by atoms with Gasteiger partial charge < -0.3 is 9.52 Å². The van der Waals surface area contributed by atoms with E-state index in [2.05, 4.69) is 4.98 Å². The lowest BCUT2D eigenvalue weighted by Gasteiger charge is -2.03. The molecule has 0 fully saturated rings. The molecular formula is C10H7ClN2O4. The minimum atomic E-state index is -1.11. The van der Waals surface area contributed by atoms with E-state index in [1.807, 2.05) is 0 Å². The molecule has 2 aromatic rings. The Labute approximate surface area is 100 Å². The molecule has 17 heavy (non-hydrogen) atoms. The highest BCUT2D eigenvalue weighted by atomic mass is 35.5. The maximum atomic E-state index is 11.4. The summed E-state index contributed by atoms with van der Waals surface area (Å²) >= 11 is 5.69. The smallest absolute Gasteiger partial charge is 0.348 e. The lowest BCUT2D eigenvalue weighted by molar-refractivity contribution is 0.0694. The molecule has 2 aromatic heterocycles. The fourth-order valence-electron chi connectivity index (χ4n) is 1.35. The van der Waals surface area contributed by atoms with Gasteiger partial charge in [0.1, 0.15) is 11.3 Å². The molecule has 0 saturated carbocycles. The first-order valence-corrected chi connectivity index (χ1v) is 4.97. The van der Waals surface area contributed by atoms with Crippen molar-refractivity contribution in [3.05, 3.63) is 51.6 Å². The van der Waals surface area contributed by atoms with Crippen LogP contribution in [0, 0.1) is 0 Å². The minimum absolute atomic E-state index is 0.0110. The second-order valence-electron chi connectivity index (χ2n) is 3.25. The van der Waals surface area contributed by atoms with Crippen LogP contribution in [0.3, 0.4) is 0 Å². The highest BCUT2D eigenvalue weighted by molar-refractivity contribution is 6.30. The van der Waals surface area contributed by atoms with Crippen LogP contribution in [-0.2, 0) is 6.54 Å². The first-order valence-electron chi connectivity index (χ1n) is 4.59. The van der Waals surface area contributed by atoms with Crippen LogP contribution in [0.25, 0.3) is 0 Å². The van der Waals surface area contributed by atoms with Crippen LogP contribution in [0.4, 0.5) is 0 Å². The van der Waals surface area contributed by atoms with E-state index >= 15 is 0 Å². The molecule has 6 nitrogen and oxygen atoms in total. The molecule has 0 atom stereocenters. The highest BCUT2D eigenvalue weighted by Gasteiger charge is 2.14. The second-order valence-corrected chi connectivity index (χ2v) is 3.68. The number of aromatic carboxylic acids is 1. The molecule has 0 unspecified atom stereocenters. The molecule has 1 N–H and O–H groups in total. The number of carboxylic acids is 1. The number of carboxylic acid groups (broad SMARTS) is 1. The van der Waals surface area contributed by atoms with E-state index < -0.39 is 11.7 Å². The predicted octanol–water partition coefficient (Wildman–Crippen LogP) is 1.24. The van der Waals surface area contributed by atoms with E-state index in [4.69, 9.17) is 21.1 Å². The summed E-state index contributed by atoms with van der Waals surface area (Å²) in [4.78, 5) is 25.7. The van der Waals surface area contributed by atoms with Crippen molar-refractivity contribution in [1.29, 1.82) is 0 Å². The minimum Gasteiger partial charge on any atom is -0.478 e. The molecule has 2 heterocycles. The van der Waals surface area contributed by atoms with Gasteiger partial charge in [-0.3, -0.25) is 4.57 Å². The summed E-state index contributed by atoms with van der Waals surface area (Å²) in [5.41, 5.74) is -0.515. The van der Waals surface area contributed by atoms with Crippen LogP contribution in [0.2, 0.25) is 5.02 Å². The van der Waals surface area contributed by atoms with E-state index in [-0.39, 0.29) is 22.9 Å². The Bertz CT molecular complexity index is 617. The average molecular weight is 255 g/mol. The van der Waals surface area contributed by atoms with Gasteiger partial charge in [0.25, 0.3) is 0 Å². The van der Waals surface area contributed by atoms with Crippen LogP contribution >= 0.6 is 11.6 Å². The molecule has 0 aliphatic rings. The molecule has 0 aliphatic carbocycles. The molecule has 0 aromatic carbocycles. The fourth-order valence-corrected chi connectivity index (χ4v) is 1.52. The van der Waals surface area contributed by atoms with E-state index in [9.17, 15) is 9.59 Å². The lowest BCUT2D eigenvalue weighted by Crippen LogP contribution is -2.22. The Kier molecular flexibility index (Phi) is 2.97. The number of rotatable bonds is 3. The van der Waals surface area contributed by atoms with Gasteiger partial charge in [0, 0.05) is 6.20 Å². The van der Waals surface area contributed by atoms with Gasteiger partial charge in [-0.05, 0) is 6.07 Å². The SMILES string of the molecule is O=C(O)c1ccoc1Cn1cc(Cl)cnc1=O. The zero-order chi connectivity index (χ0) is 12.4. The molecule has 0 spiro atoms. The van der Waals surface area contributed by atoms with Crippen LogP contribution in [0.1, 0.15) is 16.1 Å². The van der Waals surface area contributed by atoms with Crippen molar-refractivity contribution in [3.63, 3.8) is 0 Å². The van der Waals surface area contributed by atoms with Crippen molar-refractivity contribution >= 4 is 17.6 Å². The van der Waals surface area contributed by atoms with Gasteiger partial charge in [0.2, 0.25) is 0 Å². The summed E-state index contributed by atoms with van der Waals surface area (Å²) in [5, 5.41) is 9.15. The Hall–Kier alpha value is -2.08. The topological polar surface area (TPSA) is 85.3 Å². The third-order valence-corrected chi connectivity index (χ3v) is 2.31. The third kappa shape index (κ3) is 2.36. The van der Waals surface area contributed by atoms with E-state index in [1.54, 1.807) is 0 Å². The van der Waals surface area contributed by atoms with Gasteiger partial charge in [-0.15, -0.1) is 0 Å². The van der Waals surface area contributed by atoms with E-state index in [0.29, 0.717) is 0 Å². The van der Waals surface area contributed by atoms with Gasteiger partial charge in [-0.2, -0.15) is 0 Å². The van der Waals surface area contributed by atoms with Gasteiger partial charge in [0.05, 0.1) is 24.0 Å². The van der Waals surface area contributed by atoms with Crippen LogP contribution < -0.4 is 5.69 Å². The van der Waals surface area contributed by atoms with E-state index in [1.165, 1.54) is 29.3 Å². The molecule has 0 bridgehead atoms. The van der Waals surface area contributed by atoms with Crippen LogP contribution in [0.15, 0.2) is 33.9 Å². The molecule has 88 valence electrons. The standard InChI is InChI=1S/C10H7ClN2O4/c11-6-3-12-10(16)13(4-6)5-8-7(9(14)15)1-2-17-8/h1-4H,5H2,(H,14,15). The van der Waals surface area contributed by atoms with E-state index in [0.717, 1.165) is 0 Å². The number of halogens is 1. The summed E-state index contributed by atoms with van der Waals surface area (Å²) < 4.78 is 6.19. The summed E-state index contributed by atoms with van der Waals surface area (Å²) in [5.74, 6) is -0.944. The quantitative estimate of drug-likeness (QED) is 0.891. The highest BCUT2D eigenvalue weighted by Crippen LogP contribution is 2.12. The molecule has 0 saturated heterocycles. The van der Waals surface area contributed by atoms with Crippen LogP contribution in [0.5, 0.6) is 0 Å². The summed E-state index contributed by atoms with van der Waals surface area (Å²) in [7, 11) is 0. The number of aromatic nitrogens is 2. The second kappa shape index (κ2) is 4.42. The fraction of sp³-hybridized carbons (Fsp3) is 0.100. The number of carbonyl (C=O) groups is 1. The number of nitrogens with zero attached hydrogens (tertiary/aromatic N) is 2. The lowest BCUT2D eigenvalue weighted by atomic mass is 10.2. The maximum Gasteiger partial charge on any atom is 0.348 e. The first kappa shape index (κ1) is 11.4. The number of hydrogen-bond donors (Lipinski definition) is 1. The van der Waals surface area contributed by atoms with Crippen molar-refractivity contribution in [3.8, 4) is 0 Å². The monoisotopic (exact) mass is 254 g/mol. The van der Waals surface area contributed by atoms with Gasteiger partial charge in [-0.25, -0.2) is 14.6 Å². The van der Waals surface area contributed by atoms with Crippen molar-refractivity contribution in [2.24, 2.45) is 0 Å². The molecule has 7 heteroatoms. The van der Waals surface area contributed by atoms with Crippen molar-refractivity contribution in [2.75, 3.05) is 0 Å². The zero-order valence-electron chi connectivity index (χ0n) is 8.46. The summed E-state index contributed by atoms with van der Waals surface area (Å²) in [6.07, 6.45) is 3.84. The van der Waals surface area contributed by atoms with Crippen molar-refractivity contribution in [2.45, 2.75) is 6.54 Å². The molecular weight excluding hydrogens is 248 g/mol. The van der Waals surface area contributed by atoms with Gasteiger partial charge >= 0.3 is 11.7 Å². The Balaban J connectivity index is 2.38. The Morgan fingerprint density at radius 2 is 2.35 bits per heavy atom. The van der Waals surface area contributed by atoms with Crippen molar-refractivity contribution in [1.82, 2.24) is 9.55 Å². The summed E-state index contributed by atoms with van der Waals surface area (Å²) in [6.45, 7) is -0.0268. The maximum absolute atomic E-state index is 11.4. The largest absolute Gasteiger partial charge is 0.478 e. The molecule has 0 radical (unpaired) electrons. The summed E-state index contributed by atoms with van der Waals surface area (Å²) in [6, 6.07) is 1.32. The molecule has 0 aliphatic heterocycles. The zero-order valence-corrected chi connectivity index (χ0v) is 9.22. The predicted molar refractivity (Wildman–Crippen MR) is 58.3 cm³/mol. The average Bonchev–Trinajstić information content (AvgIpc) is 2.71. The Morgan fingerprint density at radius 1 is 1.59 bits per heavy atom. The normalized spacial score (nSPS) is 10.4. The first-order chi connectivity index (χ1) is 8.08. The van der Waals surface area contributed by atoms with Crippen molar-refractivity contribution < 1.29 is 14.3 Å². The van der Waals surface area contributed by atoms with Gasteiger partial charge in [-0.1, -0.05) is 11.6 Å². The third-order valence-electron chi connectivity index (χ3n) is 2.11. The number of furan rings is 1. The molecule has 0 amide bonds. The number of hydrogen-bond acceptors (Lipinski definition) is 4. The molecule has 2 rings (SSSR count).